The summed E-state index contributed by atoms with van der Waals surface area (Å²) < 4.78 is 0. The fourth-order valence-electron chi connectivity index (χ4n) is 1.86. The molecule has 3 nitrogen and oxygen atoms in total. The molecule has 3 heteroatoms. The van der Waals surface area contributed by atoms with Crippen LogP contribution in [0.5, 0.6) is 0 Å². The normalized spacial score (nSPS) is 15.9. The van der Waals surface area contributed by atoms with E-state index in [1.807, 2.05) is 19.2 Å². The van der Waals surface area contributed by atoms with E-state index >= 15 is 0 Å². The second-order valence-electron chi connectivity index (χ2n) is 4.17. The van der Waals surface area contributed by atoms with E-state index in [2.05, 4.69) is 16.0 Å². The Morgan fingerprint density at radius 1 is 1.53 bits per heavy atom. The molecular formula is C12H18N2O. The summed E-state index contributed by atoms with van der Waals surface area (Å²) in [6.07, 6.45) is 4.38. The summed E-state index contributed by atoms with van der Waals surface area (Å²) in [5, 5.41) is 9.00. The van der Waals surface area contributed by atoms with Gasteiger partial charge in [0.1, 0.15) is 0 Å². The largest absolute Gasteiger partial charge is 0.395 e. The summed E-state index contributed by atoms with van der Waals surface area (Å²) in [5.74, 6) is 0. The summed E-state index contributed by atoms with van der Waals surface area (Å²) in [6, 6.07) is 4.79. The molecule has 1 N–H and O–H groups in total. The van der Waals surface area contributed by atoms with Gasteiger partial charge < -0.3 is 5.11 Å². The molecule has 1 aliphatic rings. The minimum absolute atomic E-state index is 0.246. The van der Waals surface area contributed by atoms with Crippen LogP contribution < -0.4 is 0 Å². The average molecular weight is 206 g/mol. The van der Waals surface area contributed by atoms with Crippen molar-refractivity contribution in [1.29, 1.82) is 0 Å². The summed E-state index contributed by atoms with van der Waals surface area (Å²) in [7, 11) is 0. The topological polar surface area (TPSA) is 36.4 Å². The molecule has 0 bridgehead atoms. The number of rotatable bonds is 5. The maximum absolute atomic E-state index is 9.00. The standard InChI is InChI=1S/C12H18N2O/c1-10-11(3-2-6-13-10)9-14(7-8-15)12-4-5-12/h2-3,6,12,15H,4-5,7-9H2,1H3. The Morgan fingerprint density at radius 3 is 2.93 bits per heavy atom. The zero-order valence-electron chi connectivity index (χ0n) is 9.19. The number of hydrogen-bond acceptors (Lipinski definition) is 3. The minimum Gasteiger partial charge on any atom is -0.395 e. The molecule has 0 atom stereocenters. The second kappa shape index (κ2) is 4.73. The third kappa shape index (κ3) is 2.76. The van der Waals surface area contributed by atoms with Crippen LogP contribution in [-0.4, -0.2) is 34.2 Å². The van der Waals surface area contributed by atoms with Gasteiger partial charge >= 0.3 is 0 Å². The lowest BCUT2D eigenvalue weighted by molar-refractivity contribution is 0.183. The summed E-state index contributed by atoms with van der Waals surface area (Å²) >= 11 is 0. The highest BCUT2D eigenvalue weighted by Gasteiger charge is 2.28. The Balaban J connectivity index is 2.02. The van der Waals surface area contributed by atoms with Gasteiger partial charge in [-0.3, -0.25) is 9.88 Å². The molecule has 0 saturated heterocycles. The highest BCUT2D eigenvalue weighted by atomic mass is 16.3. The van der Waals surface area contributed by atoms with Gasteiger partial charge in [0.2, 0.25) is 0 Å². The Hall–Kier alpha value is -0.930. The molecule has 0 unspecified atom stereocenters. The molecule has 1 heterocycles. The van der Waals surface area contributed by atoms with Crippen molar-refractivity contribution in [3.05, 3.63) is 29.6 Å². The van der Waals surface area contributed by atoms with Crippen LogP contribution >= 0.6 is 0 Å². The smallest absolute Gasteiger partial charge is 0.0558 e. The molecule has 0 amide bonds. The third-order valence-corrected chi connectivity index (χ3v) is 2.94. The molecule has 15 heavy (non-hydrogen) atoms. The molecule has 2 rings (SSSR count). The van der Waals surface area contributed by atoms with Crippen molar-refractivity contribution in [1.82, 2.24) is 9.88 Å². The Labute approximate surface area is 90.8 Å². The van der Waals surface area contributed by atoms with Gasteiger partial charge in [-0.2, -0.15) is 0 Å². The van der Waals surface area contributed by atoms with E-state index in [1.165, 1.54) is 18.4 Å². The lowest BCUT2D eigenvalue weighted by atomic mass is 10.2. The lowest BCUT2D eigenvalue weighted by Gasteiger charge is -2.21. The van der Waals surface area contributed by atoms with Crippen molar-refractivity contribution in [2.75, 3.05) is 13.2 Å². The maximum atomic E-state index is 9.00. The molecule has 1 saturated carbocycles. The number of aryl methyl sites for hydroxylation is 1. The van der Waals surface area contributed by atoms with Crippen molar-refractivity contribution >= 4 is 0 Å². The molecule has 1 fully saturated rings. The fraction of sp³-hybridized carbons (Fsp3) is 0.583. The Bertz CT molecular complexity index is 323. The van der Waals surface area contributed by atoms with Gasteiger partial charge in [0, 0.05) is 31.0 Å². The first-order valence-corrected chi connectivity index (χ1v) is 5.56. The minimum atomic E-state index is 0.246. The molecule has 82 valence electrons. The summed E-state index contributed by atoms with van der Waals surface area (Å²) in [4.78, 5) is 6.63. The van der Waals surface area contributed by atoms with Crippen LogP contribution in [0.4, 0.5) is 0 Å². The fourth-order valence-corrected chi connectivity index (χ4v) is 1.86. The molecule has 0 aliphatic heterocycles. The molecule has 0 spiro atoms. The van der Waals surface area contributed by atoms with E-state index in [1.54, 1.807) is 0 Å². The van der Waals surface area contributed by atoms with Crippen molar-refractivity contribution in [2.24, 2.45) is 0 Å². The predicted molar refractivity (Wildman–Crippen MR) is 59.5 cm³/mol. The van der Waals surface area contributed by atoms with Crippen LogP contribution in [0.3, 0.4) is 0 Å². The second-order valence-corrected chi connectivity index (χ2v) is 4.17. The van der Waals surface area contributed by atoms with Crippen molar-refractivity contribution in [3.63, 3.8) is 0 Å². The van der Waals surface area contributed by atoms with Crippen molar-refractivity contribution in [3.8, 4) is 0 Å². The zero-order chi connectivity index (χ0) is 10.7. The van der Waals surface area contributed by atoms with Crippen molar-refractivity contribution in [2.45, 2.75) is 32.4 Å². The summed E-state index contributed by atoms with van der Waals surface area (Å²) in [6.45, 7) is 3.99. The van der Waals surface area contributed by atoms with Crippen LogP contribution in [0.25, 0.3) is 0 Å². The number of aliphatic hydroxyl groups is 1. The quantitative estimate of drug-likeness (QED) is 0.790. The monoisotopic (exact) mass is 206 g/mol. The van der Waals surface area contributed by atoms with E-state index in [-0.39, 0.29) is 6.61 Å². The van der Waals surface area contributed by atoms with Gasteiger partial charge in [0.05, 0.1) is 6.61 Å². The first-order chi connectivity index (χ1) is 7.31. The van der Waals surface area contributed by atoms with Gasteiger partial charge in [-0.15, -0.1) is 0 Å². The van der Waals surface area contributed by atoms with E-state index in [9.17, 15) is 0 Å². The lowest BCUT2D eigenvalue weighted by Crippen LogP contribution is -2.29. The van der Waals surface area contributed by atoms with Crippen LogP contribution in [-0.2, 0) is 6.54 Å². The molecule has 1 aliphatic carbocycles. The molecule has 1 aromatic heterocycles. The van der Waals surface area contributed by atoms with Crippen LogP contribution in [0, 0.1) is 6.92 Å². The van der Waals surface area contributed by atoms with Crippen molar-refractivity contribution < 1.29 is 5.11 Å². The molecule has 0 aromatic carbocycles. The third-order valence-electron chi connectivity index (χ3n) is 2.94. The Morgan fingerprint density at radius 2 is 2.33 bits per heavy atom. The van der Waals surface area contributed by atoms with Gasteiger partial charge in [-0.25, -0.2) is 0 Å². The number of pyridine rings is 1. The van der Waals surface area contributed by atoms with E-state index in [0.29, 0.717) is 6.04 Å². The van der Waals surface area contributed by atoms with Gasteiger partial charge in [-0.1, -0.05) is 6.07 Å². The highest BCUT2D eigenvalue weighted by Crippen LogP contribution is 2.28. The van der Waals surface area contributed by atoms with Crippen LogP contribution in [0.1, 0.15) is 24.1 Å². The maximum Gasteiger partial charge on any atom is 0.0558 e. The summed E-state index contributed by atoms with van der Waals surface area (Å²) in [5.41, 5.74) is 2.37. The predicted octanol–water partition coefficient (Wildman–Crippen LogP) is 1.35. The van der Waals surface area contributed by atoms with E-state index < -0.39 is 0 Å². The number of aliphatic hydroxyl groups excluding tert-OH is 1. The Kier molecular flexibility index (Phi) is 3.34. The van der Waals surface area contributed by atoms with Gasteiger partial charge in [0.25, 0.3) is 0 Å². The first-order valence-electron chi connectivity index (χ1n) is 5.56. The SMILES string of the molecule is Cc1ncccc1CN(CCO)C1CC1. The number of hydrogen-bond donors (Lipinski definition) is 1. The first kappa shape index (κ1) is 10.6. The zero-order valence-corrected chi connectivity index (χ0v) is 9.19. The van der Waals surface area contributed by atoms with Crippen LogP contribution in [0.15, 0.2) is 18.3 Å². The molecule has 1 aromatic rings. The van der Waals surface area contributed by atoms with Gasteiger partial charge in [0.15, 0.2) is 0 Å². The molecule has 0 radical (unpaired) electrons. The van der Waals surface area contributed by atoms with E-state index in [0.717, 1.165) is 18.8 Å². The van der Waals surface area contributed by atoms with Crippen LogP contribution in [0.2, 0.25) is 0 Å². The average Bonchev–Trinajstić information content (AvgIpc) is 3.04. The van der Waals surface area contributed by atoms with Gasteiger partial charge in [-0.05, 0) is 31.4 Å². The highest BCUT2D eigenvalue weighted by molar-refractivity contribution is 5.18. The number of aromatic nitrogens is 1. The molecular weight excluding hydrogens is 188 g/mol. The number of nitrogens with zero attached hydrogens (tertiary/aromatic N) is 2. The van der Waals surface area contributed by atoms with E-state index in [4.69, 9.17) is 5.11 Å².